The van der Waals surface area contributed by atoms with Crippen LogP contribution in [-0.4, -0.2) is 83.9 Å². The molecule has 1 unspecified atom stereocenters. The van der Waals surface area contributed by atoms with E-state index in [9.17, 15) is 18.4 Å². The molecular formula is C30H27F2N9O3. The third-order valence-corrected chi connectivity index (χ3v) is 7.87. The van der Waals surface area contributed by atoms with Gasteiger partial charge in [-0.1, -0.05) is 30.3 Å². The fraction of sp³-hybridized carbons (Fsp3) is 0.300. The standard InChI is InChI=1S/C30H27F2N9O3/c1-39-37-26(36-38-39)25(18-5-3-2-4-6-18)40-11-13-41(14-12-40)29(43)23-15-19(9-10-33-23)28-35-22-16-20(7-8-24(22)44-28)34-27(42)21-17-30(21,31)32/h2-10,15-16,21,25H,11-14,17H2,1H3,(H,34,42)/t21-,25?/m1/s1. The van der Waals surface area contributed by atoms with E-state index in [1.807, 2.05) is 30.3 Å². The second-order valence-electron chi connectivity index (χ2n) is 10.9. The van der Waals surface area contributed by atoms with E-state index in [2.05, 4.69) is 35.6 Å². The van der Waals surface area contributed by atoms with Crippen LogP contribution in [0.15, 0.2) is 71.3 Å². The zero-order valence-electron chi connectivity index (χ0n) is 23.6. The Kier molecular flexibility index (Phi) is 6.84. The van der Waals surface area contributed by atoms with E-state index < -0.39 is 24.2 Å². The van der Waals surface area contributed by atoms with Crippen LogP contribution >= 0.6 is 0 Å². The summed E-state index contributed by atoms with van der Waals surface area (Å²) in [7, 11) is 1.73. The number of fused-ring (bicyclic) bond motifs is 1. The van der Waals surface area contributed by atoms with Crippen LogP contribution in [0.1, 0.15) is 34.3 Å². The number of aryl methyl sites for hydroxylation is 1. The van der Waals surface area contributed by atoms with Gasteiger partial charge in [0.1, 0.15) is 17.1 Å². The van der Waals surface area contributed by atoms with E-state index in [1.165, 1.54) is 11.0 Å². The van der Waals surface area contributed by atoms with Gasteiger partial charge in [-0.15, -0.1) is 10.2 Å². The minimum Gasteiger partial charge on any atom is -0.436 e. The van der Waals surface area contributed by atoms with Crippen LogP contribution in [0.3, 0.4) is 0 Å². The number of piperazine rings is 1. The van der Waals surface area contributed by atoms with Crippen molar-refractivity contribution in [2.24, 2.45) is 13.0 Å². The quantitative estimate of drug-likeness (QED) is 0.298. The molecule has 7 rings (SSSR count). The highest BCUT2D eigenvalue weighted by Crippen LogP contribution is 2.49. The first-order valence-corrected chi connectivity index (χ1v) is 14.1. The Morgan fingerprint density at radius 1 is 1.05 bits per heavy atom. The van der Waals surface area contributed by atoms with Gasteiger partial charge in [0.2, 0.25) is 11.8 Å². The molecular weight excluding hydrogens is 572 g/mol. The molecule has 2 aromatic carbocycles. The molecule has 0 bridgehead atoms. The van der Waals surface area contributed by atoms with Crippen molar-refractivity contribution >= 4 is 28.6 Å². The van der Waals surface area contributed by atoms with Gasteiger partial charge < -0.3 is 14.6 Å². The Morgan fingerprint density at radius 2 is 1.82 bits per heavy atom. The van der Waals surface area contributed by atoms with Crippen LogP contribution in [0.5, 0.6) is 0 Å². The number of tetrazole rings is 1. The number of pyridine rings is 1. The second-order valence-corrected chi connectivity index (χ2v) is 10.9. The summed E-state index contributed by atoms with van der Waals surface area (Å²) < 4.78 is 32.4. The number of hydrogen-bond acceptors (Lipinski definition) is 9. The predicted molar refractivity (Wildman–Crippen MR) is 153 cm³/mol. The van der Waals surface area contributed by atoms with Gasteiger partial charge >= 0.3 is 0 Å². The van der Waals surface area contributed by atoms with Gasteiger partial charge in [-0.25, -0.2) is 13.8 Å². The number of nitrogens with zero attached hydrogens (tertiary/aromatic N) is 8. The van der Waals surface area contributed by atoms with E-state index in [0.717, 1.165) is 5.56 Å². The maximum atomic E-state index is 13.5. The third-order valence-electron chi connectivity index (χ3n) is 7.87. The lowest BCUT2D eigenvalue weighted by Gasteiger charge is -2.38. The first-order chi connectivity index (χ1) is 21.2. The molecule has 2 atom stereocenters. The molecule has 44 heavy (non-hydrogen) atoms. The molecule has 1 N–H and O–H groups in total. The van der Waals surface area contributed by atoms with E-state index in [1.54, 1.807) is 42.3 Å². The monoisotopic (exact) mass is 599 g/mol. The highest BCUT2D eigenvalue weighted by Gasteiger charge is 2.61. The molecule has 3 aromatic heterocycles. The van der Waals surface area contributed by atoms with Crippen LogP contribution in [-0.2, 0) is 11.8 Å². The molecule has 0 radical (unpaired) electrons. The van der Waals surface area contributed by atoms with Crippen molar-refractivity contribution in [2.75, 3.05) is 31.5 Å². The summed E-state index contributed by atoms with van der Waals surface area (Å²) in [5, 5.41) is 15.3. The van der Waals surface area contributed by atoms with Gasteiger partial charge in [-0.2, -0.15) is 4.80 Å². The fourth-order valence-corrected chi connectivity index (χ4v) is 5.45. The van der Waals surface area contributed by atoms with Crippen LogP contribution in [0.2, 0.25) is 0 Å². The molecule has 14 heteroatoms. The normalized spacial score (nSPS) is 18.7. The molecule has 224 valence electrons. The first-order valence-electron chi connectivity index (χ1n) is 14.1. The highest BCUT2D eigenvalue weighted by molar-refractivity contribution is 5.97. The fourth-order valence-electron chi connectivity index (χ4n) is 5.45. The Balaban J connectivity index is 1.04. The zero-order valence-corrected chi connectivity index (χ0v) is 23.6. The molecule has 12 nitrogen and oxygen atoms in total. The number of alkyl halides is 2. The molecule has 2 amide bonds. The van der Waals surface area contributed by atoms with Gasteiger partial charge in [-0.05, 0) is 41.1 Å². The Hall–Kier alpha value is -5.11. The molecule has 1 saturated heterocycles. The maximum absolute atomic E-state index is 13.5. The average Bonchev–Trinajstić information content (AvgIpc) is 3.32. The van der Waals surface area contributed by atoms with Crippen molar-refractivity contribution < 1.29 is 22.8 Å². The number of carbonyl (C=O) groups is 2. The SMILES string of the molecule is Cn1nnc(C(c2ccccc2)N2CCN(C(=O)c3cc(-c4nc5cc(NC(=O)[C@H]6CC6(F)F)ccc5o4)ccn3)CC2)n1. The molecule has 2 fully saturated rings. The average molecular weight is 600 g/mol. The molecule has 5 aromatic rings. The Labute approximate surface area is 249 Å². The number of carbonyl (C=O) groups excluding carboxylic acids is 2. The largest absolute Gasteiger partial charge is 0.436 e. The number of rotatable bonds is 7. The summed E-state index contributed by atoms with van der Waals surface area (Å²) in [4.78, 5) is 39.8. The zero-order chi connectivity index (χ0) is 30.4. The van der Waals surface area contributed by atoms with Crippen molar-refractivity contribution in [3.63, 3.8) is 0 Å². The summed E-state index contributed by atoms with van der Waals surface area (Å²) >= 11 is 0. The lowest BCUT2D eigenvalue weighted by atomic mass is 10.0. The number of oxazole rings is 1. The summed E-state index contributed by atoms with van der Waals surface area (Å²) in [6, 6.07) is 17.9. The van der Waals surface area contributed by atoms with Gasteiger partial charge in [0.15, 0.2) is 11.4 Å². The molecule has 1 aliphatic heterocycles. The van der Waals surface area contributed by atoms with Crippen LogP contribution in [0.25, 0.3) is 22.6 Å². The van der Waals surface area contributed by atoms with E-state index >= 15 is 0 Å². The van der Waals surface area contributed by atoms with E-state index in [-0.39, 0.29) is 23.5 Å². The topological polar surface area (TPSA) is 135 Å². The predicted octanol–water partition coefficient (Wildman–Crippen LogP) is 3.55. The Bertz CT molecular complexity index is 1850. The van der Waals surface area contributed by atoms with Crippen molar-refractivity contribution in [3.8, 4) is 11.5 Å². The first kappa shape index (κ1) is 27.7. The number of amides is 2. The second kappa shape index (κ2) is 10.9. The smallest absolute Gasteiger partial charge is 0.272 e. The van der Waals surface area contributed by atoms with E-state index in [4.69, 9.17) is 4.42 Å². The van der Waals surface area contributed by atoms with Crippen LogP contribution in [0.4, 0.5) is 14.5 Å². The molecule has 1 aliphatic carbocycles. The van der Waals surface area contributed by atoms with Crippen molar-refractivity contribution in [2.45, 2.75) is 18.4 Å². The highest BCUT2D eigenvalue weighted by atomic mass is 19.3. The lowest BCUT2D eigenvalue weighted by Crippen LogP contribution is -2.50. The lowest BCUT2D eigenvalue weighted by molar-refractivity contribution is -0.119. The van der Waals surface area contributed by atoms with Crippen molar-refractivity contribution in [1.29, 1.82) is 0 Å². The number of nitrogens with one attached hydrogen (secondary N) is 1. The minimum absolute atomic E-state index is 0.189. The summed E-state index contributed by atoms with van der Waals surface area (Å²) in [5.74, 6) is -4.32. The van der Waals surface area contributed by atoms with Gasteiger partial charge in [0.05, 0.1) is 13.1 Å². The van der Waals surface area contributed by atoms with Crippen LogP contribution in [0, 0.1) is 5.92 Å². The number of anilines is 1. The minimum atomic E-state index is -2.95. The van der Waals surface area contributed by atoms with Crippen molar-refractivity contribution in [1.82, 2.24) is 40.0 Å². The van der Waals surface area contributed by atoms with Gasteiger partial charge in [-0.3, -0.25) is 19.5 Å². The summed E-state index contributed by atoms with van der Waals surface area (Å²) in [6.07, 6.45) is 1.09. The van der Waals surface area contributed by atoms with Gasteiger partial charge in [0, 0.05) is 50.0 Å². The van der Waals surface area contributed by atoms with E-state index in [0.29, 0.717) is 54.4 Å². The summed E-state index contributed by atoms with van der Waals surface area (Å²) in [6.45, 7) is 2.17. The number of aromatic nitrogens is 6. The number of hydrogen-bond donors (Lipinski definition) is 1. The van der Waals surface area contributed by atoms with Gasteiger partial charge in [0.25, 0.3) is 11.8 Å². The van der Waals surface area contributed by atoms with Crippen molar-refractivity contribution in [3.05, 3.63) is 83.9 Å². The molecule has 2 aliphatic rings. The third kappa shape index (κ3) is 5.39. The molecule has 4 heterocycles. The maximum Gasteiger partial charge on any atom is 0.272 e. The number of benzene rings is 2. The summed E-state index contributed by atoms with van der Waals surface area (Å²) in [5.41, 5.74) is 3.09. The van der Waals surface area contributed by atoms with Crippen LogP contribution < -0.4 is 5.32 Å². The number of halogens is 2. The Morgan fingerprint density at radius 3 is 2.52 bits per heavy atom. The molecule has 1 saturated carbocycles. The molecule has 0 spiro atoms.